The third-order valence-electron chi connectivity index (χ3n) is 10.8. The van der Waals surface area contributed by atoms with Gasteiger partial charge in [0.05, 0.1) is 5.76 Å². The number of rotatable bonds is 7. The Morgan fingerprint density at radius 3 is 1.71 bits per heavy atom. The van der Waals surface area contributed by atoms with E-state index in [0.29, 0.717) is 11.3 Å². The van der Waals surface area contributed by atoms with Gasteiger partial charge in [-0.25, -0.2) is 0 Å². The molecule has 0 aliphatic heterocycles. The summed E-state index contributed by atoms with van der Waals surface area (Å²) < 4.78 is 0. The van der Waals surface area contributed by atoms with Gasteiger partial charge in [0.25, 0.3) is 0 Å². The summed E-state index contributed by atoms with van der Waals surface area (Å²) in [4.78, 5) is 0. The summed E-state index contributed by atoms with van der Waals surface area (Å²) >= 11 is 0. The predicted molar refractivity (Wildman–Crippen MR) is 167 cm³/mol. The van der Waals surface area contributed by atoms with Gasteiger partial charge in [0.15, 0.2) is 0 Å². The monoisotopic (exact) mass is 533 g/mol. The Hall–Kier alpha value is -0.500. The van der Waals surface area contributed by atoms with E-state index in [0.717, 1.165) is 25.0 Å². The second-order valence-electron chi connectivity index (χ2n) is 14.0. The van der Waals surface area contributed by atoms with Crippen molar-refractivity contribution in [1.82, 2.24) is 0 Å². The highest BCUT2D eigenvalue weighted by Gasteiger charge is 2.42. The van der Waals surface area contributed by atoms with Crippen molar-refractivity contribution in [2.24, 2.45) is 22.7 Å². The SMILES string of the molecule is CCCCC1(C)CCCCCCCCCCCCCCCCC(CC)(CCC)CC2=C(O)C1CC(CO)C2. The Bertz CT molecular complexity index is 639. The number of fused-ring (bicyclic) bond motifs is 1. The van der Waals surface area contributed by atoms with Gasteiger partial charge in [0.1, 0.15) is 0 Å². The Balaban J connectivity index is 2.30. The summed E-state index contributed by atoms with van der Waals surface area (Å²) in [6, 6.07) is 0. The molecule has 0 radical (unpaired) electrons. The summed E-state index contributed by atoms with van der Waals surface area (Å²) in [5.74, 6) is 1.29. The highest BCUT2D eigenvalue weighted by molar-refractivity contribution is 5.20. The first-order valence-corrected chi connectivity index (χ1v) is 17.4. The van der Waals surface area contributed by atoms with E-state index in [9.17, 15) is 10.2 Å². The average Bonchev–Trinajstić information content (AvgIpc) is 2.92. The lowest BCUT2D eigenvalue weighted by molar-refractivity contribution is 0.0712. The standard InChI is InChI=1S/C36H68O2/c1-5-8-24-35(4)25-21-19-17-15-13-11-9-10-12-14-16-18-20-22-26-36(7-3,23-6-2)29-32-27-31(30-37)28-33(35)34(32)38/h31,33,37-38H,5-30H2,1-4H3. The molecule has 2 bridgehead atoms. The summed E-state index contributed by atoms with van der Waals surface area (Å²) in [6.45, 7) is 9.79. The lowest BCUT2D eigenvalue weighted by Gasteiger charge is -2.44. The second-order valence-corrected chi connectivity index (χ2v) is 14.0. The van der Waals surface area contributed by atoms with Crippen LogP contribution in [0.1, 0.15) is 188 Å². The zero-order valence-electron chi connectivity index (χ0n) is 26.4. The predicted octanol–water partition coefficient (Wildman–Crippen LogP) is 11.9. The molecular weight excluding hydrogens is 464 g/mol. The van der Waals surface area contributed by atoms with Crippen molar-refractivity contribution < 1.29 is 10.2 Å². The van der Waals surface area contributed by atoms with E-state index in [2.05, 4.69) is 27.7 Å². The van der Waals surface area contributed by atoms with E-state index in [1.54, 1.807) is 0 Å². The zero-order chi connectivity index (χ0) is 27.7. The van der Waals surface area contributed by atoms with Crippen molar-refractivity contribution in [3.05, 3.63) is 11.3 Å². The van der Waals surface area contributed by atoms with Crippen LogP contribution in [0.5, 0.6) is 0 Å². The van der Waals surface area contributed by atoms with Gasteiger partial charge < -0.3 is 10.2 Å². The maximum atomic E-state index is 11.9. The highest BCUT2D eigenvalue weighted by atomic mass is 16.3. The van der Waals surface area contributed by atoms with Gasteiger partial charge in [-0.05, 0) is 67.3 Å². The third-order valence-corrected chi connectivity index (χ3v) is 10.8. The summed E-state index contributed by atoms with van der Waals surface area (Å²) in [6.07, 6.45) is 32.3. The molecule has 224 valence electrons. The molecule has 2 nitrogen and oxygen atoms in total. The molecule has 38 heavy (non-hydrogen) atoms. The van der Waals surface area contributed by atoms with Crippen LogP contribution in [0, 0.1) is 22.7 Å². The molecule has 0 amide bonds. The van der Waals surface area contributed by atoms with Crippen LogP contribution in [0.3, 0.4) is 0 Å². The molecule has 2 aliphatic carbocycles. The topological polar surface area (TPSA) is 40.5 Å². The summed E-state index contributed by atoms with van der Waals surface area (Å²) in [5, 5.41) is 22.3. The Kier molecular flexibility index (Phi) is 16.7. The summed E-state index contributed by atoms with van der Waals surface area (Å²) in [5.41, 5.74) is 1.78. The van der Waals surface area contributed by atoms with Crippen LogP contribution in [-0.4, -0.2) is 16.8 Å². The van der Waals surface area contributed by atoms with E-state index in [1.807, 2.05) is 0 Å². The molecule has 4 unspecified atom stereocenters. The van der Waals surface area contributed by atoms with Crippen LogP contribution < -0.4 is 0 Å². The fourth-order valence-electron chi connectivity index (χ4n) is 8.11. The van der Waals surface area contributed by atoms with Crippen molar-refractivity contribution in [3.63, 3.8) is 0 Å². The van der Waals surface area contributed by atoms with E-state index in [-0.39, 0.29) is 17.9 Å². The number of hydrogen-bond donors (Lipinski definition) is 2. The second kappa shape index (κ2) is 18.8. The number of aliphatic hydroxyl groups excluding tert-OH is 2. The Labute approximate surface area is 238 Å². The van der Waals surface area contributed by atoms with Crippen LogP contribution in [0.4, 0.5) is 0 Å². The van der Waals surface area contributed by atoms with Gasteiger partial charge in [0.2, 0.25) is 0 Å². The molecule has 2 aliphatic rings. The van der Waals surface area contributed by atoms with Gasteiger partial charge >= 0.3 is 0 Å². The van der Waals surface area contributed by atoms with E-state index >= 15 is 0 Å². The molecule has 0 aromatic rings. The van der Waals surface area contributed by atoms with Crippen molar-refractivity contribution in [2.75, 3.05) is 6.61 Å². The lowest BCUT2D eigenvalue weighted by atomic mass is 9.61. The van der Waals surface area contributed by atoms with Crippen molar-refractivity contribution in [3.8, 4) is 0 Å². The van der Waals surface area contributed by atoms with Crippen LogP contribution in [0.25, 0.3) is 0 Å². The average molecular weight is 533 g/mol. The number of unbranched alkanes of at least 4 members (excludes halogenated alkanes) is 1. The minimum atomic E-state index is 0.149. The Morgan fingerprint density at radius 1 is 0.711 bits per heavy atom. The molecule has 0 heterocycles. The van der Waals surface area contributed by atoms with Crippen molar-refractivity contribution >= 4 is 0 Å². The highest BCUT2D eigenvalue weighted by Crippen LogP contribution is 2.51. The van der Waals surface area contributed by atoms with E-state index in [4.69, 9.17) is 0 Å². The first kappa shape index (κ1) is 33.7. The lowest BCUT2D eigenvalue weighted by Crippen LogP contribution is -2.36. The van der Waals surface area contributed by atoms with Gasteiger partial charge in [-0.3, -0.25) is 0 Å². The fourth-order valence-corrected chi connectivity index (χ4v) is 8.11. The number of hydrogen-bond acceptors (Lipinski definition) is 2. The molecule has 0 saturated heterocycles. The molecule has 0 aromatic carbocycles. The first-order chi connectivity index (χ1) is 18.4. The maximum absolute atomic E-state index is 11.9. The van der Waals surface area contributed by atoms with Crippen LogP contribution in [0.2, 0.25) is 0 Å². The van der Waals surface area contributed by atoms with Crippen molar-refractivity contribution in [2.45, 2.75) is 188 Å². The number of allylic oxidation sites excluding steroid dienone is 2. The summed E-state index contributed by atoms with van der Waals surface area (Å²) in [7, 11) is 0. The zero-order valence-corrected chi connectivity index (χ0v) is 26.4. The maximum Gasteiger partial charge on any atom is 0.0951 e. The smallest absolute Gasteiger partial charge is 0.0951 e. The third kappa shape index (κ3) is 11.2. The minimum Gasteiger partial charge on any atom is -0.512 e. The van der Waals surface area contributed by atoms with Crippen LogP contribution >= 0.6 is 0 Å². The van der Waals surface area contributed by atoms with E-state index < -0.39 is 0 Å². The molecule has 0 aromatic heterocycles. The van der Waals surface area contributed by atoms with E-state index in [1.165, 1.54) is 147 Å². The largest absolute Gasteiger partial charge is 0.512 e. The van der Waals surface area contributed by atoms with Gasteiger partial charge in [0, 0.05) is 12.5 Å². The van der Waals surface area contributed by atoms with Gasteiger partial charge in [-0.15, -0.1) is 0 Å². The molecule has 0 spiro atoms. The molecule has 2 N–H and O–H groups in total. The molecule has 4 atom stereocenters. The molecule has 2 rings (SSSR count). The quantitative estimate of drug-likeness (QED) is 0.342. The molecule has 0 saturated carbocycles. The normalized spacial score (nSPS) is 32.3. The van der Waals surface area contributed by atoms with Crippen LogP contribution in [-0.2, 0) is 0 Å². The van der Waals surface area contributed by atoms with Gasteiger partial charge in [-0.1, -0.05) is 143 Å². The fraction of sp³-hybridized carbons (Fsp3) is 0.944. The van der Waals surface area contributed by atoms with Crippen LogP contribution in [0.15, 0.2) is 11.3 Å². The van der Waals surface area contributed by atoms with Crippen molar-refractivity contribution in [1.29, 1.82) is 0 Å². The first-order valence-electron chi connectivity index (χ1n) is 17.4. The number of aliphatic hydroxyl groups is 2. The molecule has 0 fully saturated rings. The molecular formula is C36H68O2. The minimum absolute atomic E-state index is 0.149. The van der Waals surface area contributed by atoms with Gasteiger partial charge in [-0.2, -0.15) is 0 Å². The Morgan fingerprint density at radius 2 is 1.24 bits per heavy atom. The molecule has 2 heteroatoms.